The minimum Gasteiger partial charge on any atom is -0.462 e. The summed E-state index contributed by atoms with van der Waals surface area (Å²) in [6.07, 6.45) is -5.33. The molecule has 0 bridgehead atoms. The van der Waals surface area contributed by atoms with Gasteiger partial charge < -0.3 is 14.8 Å². The number of nitrogens with one attached hydrogen (secondary N) is 1. The largest absolute Gasteiger partial charge is 0.462 e. The number of carbonyl (C=O) groups is 2. The van der Waals surface area contributed by atoms with E-state index in [1.807, 2.05) is 0 Å². The smallest absolute Gasteiger partial charge is 0.448 e. The molecule has 0 aromatic heterocycles. The minimum absolute atomic E-state index is 0.106. The Balaban J connectivity index is 2.37. The Hall–Kier alpha value is -2.94. The van der Waals surface area contributed by atoms with Crippen molar-refractivity contribution in [3.63, 3.8) is 0 Å². The van der Waals surface area contributed by atoms with Crippen molar-refractivity contribution in [2.75, 3.05) is 6.61 Å². The van der Waals surface area contributed by atoms with E-state index in [9.17, 15) is 27.2 Å². The highest BCUT2D eigenvalue weighted by Crippen LogP contribution is 2.34. The third kappa shape index (κ3) is 4.86. The van der Waals surface area contributed by atoms with Crippen molar-refractivity contribution < 1.29 is 36.6 Å². The Morgan fingerprint density at radius 1 is 1.00 bits per heavy atom. The van der Waals surface area contributed by atoms with Gasteiger partial charge in [0, 0.05) is 5.56 Å². The summed E-state index contributed by atoms with van der Waals surface area (Å²) in [6.45, 7) is 0.226. The van der Waals surface area contributed by atoms with Gasteiger partial charge in [-0.2, -0.15) is 13.2 Å². The number of hydrogen-bond donors (Lipinski definition) is 1. The van der Waals surface area contributed by atoms with E-state index in [0.717, 1.165) is 12.1 Å². The van der Waals surface area contributed by atoms with Gasteiger partial charge in [0.2, 0.25) is 0 Å². The molecule has 2 aromatic carbocycles. The van der Waals surface area contributed by atoms with E-state index < -0.39 is 36.2 Å². The Morgan fingerprint density at radius 3 is 2.14 bits per heavy atom. The molecule has 0 fully saturated rings. The summed E-state index contributed by atoms with van der Waals surface area (Å²) < 4.78 is 64.1. The van der Waals surface area contributed by atoms with E-state index in [4.69, 9.17) is 4.74 Å². The second kappa shape index (κ2) is 8.83. The molecule has 28 heavy (non-hydrogen) atoms. The van der Waals surface area contributed by atoms with Gasteiger partial charge >= 0.3 is 17.9 Å². The molecule has 0 aliphatic rings. The van der Waals surface area contributed by atoms with Crippen LogP contribution in [0.1, 0.15) is 22.8 Å². The molecule has 1 N–H and O–H groups in total. The van der Waals surface area contributed by atoms with Crippen LogP contribution in [0.2, 0.25) is 0 Å². The van der Waals surface area contributed by atoms with Crippen molar-refractivity contribution in [3.05, 3.63) is 71.5 Å². The summed E-state index contributed by atoms with van der Waals surface area (Å²) in [5.74, 6) is -3.58. The molecule has 0 saturated carbocycles. The van der Waals surface area contributed by atoms with Gasteiger partial charge in [0.05, 0.1) is 13.2 Å². The fraction of sp³-hybridized carbons (Fsp3) is 0.263. The zero-order valence-corrected chi connectivity index (χ0v) is 14.8. The molecule has 0 aliphatic carbocycles. The highest BCUT2D eigenvalue weighted by molar-refractivity contribution is 5.98. The number of carbonyl (C=O) groups excluding carboxylic acids is 2. The van der Waals surface area contributed by atoms with Crippen molar-refractivity contribution in [3.8, 4) is 0 Å². The highest BCUT2D eigenvalue weighted by Gasteiger charge is 2.65. The number of esters is 1. The molecule has 1 amide bonds. The first-order valence-electron chi connectivity index (χ1n) is 8.19. The Kier molecular flexibility index (Phi) is 6.74. The summed E-state index contributed by atoms with van der Waals surface area (Å²) in [5, 5.41) is 1.62. The lowest BCUT2D eigenvalue weighted by molar-refractivity contribution is -0.287. The van der Waals surface area contributed by atoms with E-state index in [2.05, 4.69) is 4.74 Å². The molecule has 0 heterocycles. The maximum atomic E-state index is 13.9. The number of amides is 1. The third-order valence-corrected chi connectivity index (χ3v) is 3.66. The van der Waals surface area contributed by atoms with Gasteiger partial charge in [-0.05, 0) is 36.8 Å². The van der Waals surface area contributed by atoms with E-state index in [1.54, 1.807) is 11.4 Å². The van der Waals surface area contributed by atoms with Crippen LogP contribution in [-0.4, -0.2) is 30.4 Å². The summed E-state index contributed by atoms with van der Waals surface area (Å²) in [6, 6.07) is 11.5. The molecule has 2 aromatic rings. The quantitative estimate of drug-likeness (QED) is 0.439. The average molecular weight is 399 g/mol. The van der Waals surface area contributed by atoms with Gasteiger partial charge in [-0.1, -0.05) is 30.3 Å². The first kappa shape index (κ1) is 21.4. The van der Waals surface area contributed by atoms with Gasteiger partial charge in [0.1, 0.15) is 5.82 Å². The molecule has 0 saturated heterocycles. The standard InChI is InChI=1S/C19H17F4NO4/c1-2-27-17(26)18(19(21,22)23,24-16(25)14-6-4-3-5-7-14)28-12-13-8-10-15(20)11-9-13/h3-11H,2,12H2,1H3,(H,24,25)/t18-/m0/s1. The van der Waals surface area contributed by atoms with Gasteiger partial charge in [-0.3, -0.25) is 4.79 Å². The first-order chi connectivity index (χ1) is 13.2. The van der Waals surface area contributed by atoms with E-state index in [0.29, 0.717) is 0 Å². The van der Waals surface area contributed by atoms with Crippen molar-refractivity contribution in [2.45, 2.75) is 25.4 Å². The van der Waals surface area contributed by atoms with Gasteiger partial charge in [0.25, 0.3) is 5.91 Å². The lowest BCUT2D eigenvalue weighted by atomic mass is 10.1. The molecule has 150 valence electrons. The van der Waals surface area contributed by atoms with Crippen LogP contribution in [0.3, 0.4) is 0 Å². The van der Waals surface area contributed by atoms with Crippen LogP contribution in [-0.2, 0) is 20.9 Å². The van der Waals surface area contributed by atoms with Crippen LogP contribution in [0.25, 0.3) is 0 Å². The maximum Gasteiger partial charge on any atom is 0.448 e. The summed E-state index contributed by atoms with van der Waals surface area (Å²) in [4.78, 5) is 24.5. The summed E-state index contributed by atoms with van der Waals surface area (Å²) in [5.41, 5.74) is -3.68. The molecule has 2 rings (SSSR count). The lowest BCUT2D eigenvalue weighted by Crippen LogP contribution is -2.66. The van der Waals surface area contributed by atoms with Crippen LogP contribution in [0.4, 0.5) is 17.6 Å². The Bertz CT molecular complexity index is 809. The fourth-order valence-corrected chi connectivity index (χ4v) is 2.24. The van der Waals surface area contributed by atoms with E-state index in [-0.39, 0.29) is 17.7 Å². The van der Waals surface area contributed by atoms with Crippen LogP contribution in [0.5, 0.6) is 0 Å². The molecule has 9 heteroatoms. The lowest BCUT2D eigenvalue weighted by Gasteiger charge is -2.33. The SMILES string of the molecule is CCOC(=O)[C@](NC(=O)c1ccccc1)(OCc1ccc(F)cc1)C(F)(F)F. The number of hydrogen-bond acceptors (Lipinski definition) is 4. The number of ether oxygens (including phenoxy) is 2. The predicted molar refractivity (Wildman–Crippen MR) is 90.5 cm³/mol. The zero-order chi connectivity index (χ0) is 20.8. The molecule has 5 nitrogen and oxygen atoms in total. The topological polar surface area (TPSA) is 64.6 Å². The Morgan fingerprint density at radius 2 is 1.61 bits per heavy atom. The molecule has 0 aliphatic heterocycles. The normalized spacial score (nSPS) is 13.5. The molecular formula is C19H17F4NO4. The first-order valence-corrected chi connectivity index (χ1v) is 8.19. The van der Waals surface area contributed by atoms with Crippen LogP contribution in [0, 0.1) is 5.82 Å². The minimum atomic E-state index is -5.33. The van der Waals surface area contributed by atoms with Gasteiger partial charge in [-0.15, -0.1) is 0 Å². The zero-order valence-electron chi connectivity index (χ0n) is 14.8. The number of benzene rings is 2. The van der Waals surface area contributed by atoms with Crippen molar-refractivity contribution in [1.82, 2.24) is 5.32 Å². The second-order valence-electron chi connectivity index (χ2n) is 5.63. The molecule has 0 spiro atoms. The van der Waals surface area contributed by atoms with Crippen molar-refractivity contribution in [2.24, 2.45) is 0 Å². The second-order valence-corrected chi connectivity index (χ2v) is 5.63. The number of alkyl halides is 3. The third-order valence-electron chi connectivity index (χ3n) is 3.66. The van der Waals surface area contributed by atoms with Gasteiger partial charge in [0.15, 0.2) is 0 Å². The van der Waals surface area contributed by atoms with E-state index in [1.165, 1.54) is 43.3 Å². The monoisotopic (exact) mass is 399 g/mol. The number of rotatable bonds is 7. The average Bonchev–Trinajstić information content (AvgIpc) is 2.66. The van der Waals surface area contributed by atoms with Crippen molar-refractivity contribution in [1.29, 1.82) is 0 Å². The van der Waals surface area contributed by atoms with Crippen LogP contribution in [0.15, 0.2) is 54.6 Å². The highest BCUT2D eigenvalue weighted by atomic mass is 19.4. The number of halogens is 4. The van der Waals surface area contributed by atoms with Crippen molar-refractivity contribution >= 4 is 11.9 Å². The summed E-state index contributed by atoms with van der Waals surface area (Å²) in [7, 11) is 0. The molecule has 1 atom stereocenters. The fourth-order valence-electron chi connectivity index (χ4n) is 2.24. The molecular weight excluding hydrogens is 382 g/mol. The maximum absolute atomic E-state index is 13.9. The Labute approximate surface area is 158 Å². The van der Waals surface area contributed by atoms with Crippen LogP contribution < -0.4 is 5.32 Å². The van der Waals surface area contributed by atoms with Crippen LogP contribution >= 0.6 is 0 Å². The van der Waals surface area contributed by atoms with Gasteiger partial charge in [-0.25, -0.2) is 9.18 Å². The molecule has 0 radical (unpaired) electrons. The predicted octanol–water partition coefficient (Wildman–Crippen LogP) is 3.59. The van der Waals surface area contributed by atoms with E-state index >= 15 is 0 Å². The summed E-state index contributed by atoms with van der Waals surface area (Å²) >= 11 is 0. The molecule has 0 unspecified atom stereocenters.